The number of Topliss-reactive ketones (excluding diaryl/α,β-unsaturated/α-hetero) is 1. The number of piperidine rings is 1. The molecule has 3 aromatic rings. The molecule has 0 spiro atoms. The molecular formula is C23H27N5O3. The molecule has 1 N–H and O–H groups in total. The van der Waals surface area contributed by atoms with E-state index >= 15 is 0 Å². The number of para-hydroxylation sites is 1. The first-order valence-corrected chi connectivity index (χ1v) is 10.7. The van der Waals surface area contributed by atoms with E-state index in [9.17, 15) is 14.4 Å². The molecule has 31 heavy (non-hydrogen) atoms. The Hall–Kier alpha value is -3.29. The van der Waals surface area contributed by atoms with Gasteiger partial charge in [0, 0.05) is 45.1 Å². The topological polar surface area (TPSA) is 101 Å². The van der Waals surface area contributed by atoms with Crippen molar-refractivity contribution < 1.29 is 9.59 Å². The normalized spacial score (nSPS) is 15.9. The van der Waals surface area contributed by atoms with Crippen molar-refractivity contribution in [2.75, 3.05) is 13.1 Å². The Kier molecular flexibility index (Phi) is 5.97. The molecule has 8 heteroatoms. The quantitative estimate of drug-likeness (QED) is 0.616. The van der Waals surface area contributed by atoms with Crippen LogP contribution in [0.1, 0.15) is 42.4 Å². The van der Waals surface area contributed by atoms with Crippen LogP contribution in [-0.2, 0) is 18.3 Å². The molecule has 1 amide bonds. The van der Waals surface area contributed by atoms with Crippen molar-refractivity contribution in [2.45, 2.75) is 32.6 Å². The van der Waals surface area contributed by atoms with E-state index in [1.807, 2.05) is 30.0 Å². The number of aryl methyl sites for hydroxylation is 1. The fraction of sp³-hybridized carbons (Fsp3) is 0.435. The van der Waals surface area contributed by atoms with Gasteiger partial charge in [-0.15, -0.1) is 0 Å². The molecule has 0 saturated carbocycles. The second-order valence-corrected chi connectivity index (χ2v) is 8.47. The van der Waals surface area contributed by atoms with Crippen LogP contribution < -0.4 is 5.56 Å². The summed E-state index contributed by atoms with van der Waals surface area (Å²) in [5.74, 6) is 0.789. The molecule has 0 bridgehead atoms. The summed E-state index contributed by atoms with van der Waals surface area (Å²) in [5.41, 5.74) is 1.15. The number of carbonyl (C=O) groups excluding carboxylic acids is 2. The Morgan fingerprint density at radius 2 is 1.97 bits per heavy atom. The molecule has 8 nitrogen and oxygen atoms in total. The van der Waals surface area contributed by atoms with Crippen molar-refractivity contribution in [1.82, 2.24) is 24.6 Å². The van der Waals surface area contributed by atoms with E-state index in [-0.39, 0.29) is 29.1 Å². The number of nitrogens with zero attached hydrogens (tertiary/aromatic N) is 4. The molecule has 3 heterocycles. The minimum atomic E-state index is -0.153. The molecule has 2 aromatic heterocycles. The van der Waals surface area contributed by atoms with Crippen LogP contribution in [-0.4, -0.2) is 49.4 Å². The number of nitrogens with one attached hydrogen (secondary N) is 1. The highest BCUT2D eigenvalue weighted by atomic mass is 16.2. The molecule has 1 saturated heterocycles. The number of benzene rings is 1. The molecule has 1 atom stereocenters. The minimum Gasteiger partial charge on any atom is -0.343 e. The predicted octanol–water partition coefficient (Wildman–Crippen LogP) is 2.35. The molecular weight excluding hydrogens is 394 g/mol. The average molecular weight is 422 g/mol. The van der Waals surface area contributed by atoms with Crippen LogP contribution in [0.15, 0.2) is 41.5 Å². The zero-order valence-corrected chi connectivity index (χ0v) is 17.9. The van der Waals surface area contributed by atoms with Crippen molar-refractivity contribution in [2.24, 2.45) is 18.9 Å². The Morgan fingerprint density at radius 3 is 2.68 bits per heavy atom. The lowest BCUT2D eigenvalue weighted by Crippen LogP contribution is -2.40. The van der Waals surface area contributed by atoms with Crippen molar-refractivity contribution in [1.29, 1.82) is 0 Å². The number of H-pyrrole nitrogens is 1. The second kappa shape index (κ2) is 8.83. The van der Waals surface area contributed by atoms with Crippen LogP contribution in [0.4, 0.5) is 0 Å². The number of aromatic nitrogens is 4. The summed E-state index contributed by atoms with van der Waals surface area (Å²) in [6.07, 6.45) is 5.61. The van der Waals surface area contributed by atoms with Gasteiger partial charge in [0.25, 0.3) is 5.56 Å². The number of hydrogen-bond donors (Lipinski definition) is 1. The Labute approximate surface area is 180 Å². The Balaban J connectivity index is 1.31. The van der Waals surface area contributed by atoms with Gasteiger partial charge >= 0.3 is 0 Å². The maximum atomic E-state index is 12.8. The number of hydrogen-bond acceptors (Lipinski definition) is 5. The third kappa shape index (κ3) is 4.73. The number of aromatic amines is 1. The molecule has 1 aliphatic rings. The fourth-order valence-corrected chi connectivity index (χ4v) is 4.24. The van der Waals surface area contributed by atoms with E-state index < -0.39 is 0 Å². The zero-order valence-electron chi connectivity index (χ0n) is 17.9. The third-order valence-electron chi connectivity index (χ3n) is 5.93. The molecule has 1 fully saturated rings. The van der Waals surface area contributed by atoms with Crippen molar-refractivity contribution in [3.05, 3.63) is 58.4 Å². The standard InChI is InChI=1S/C23H27N5O3/c1-15(11-20-25-19-6-4-3-5-18(19)23(31)26-20)12-21(29)28-9-7-16(8-10-28)22(30)17-13-24-27(2)14-17/h3-6,13-16H,7-12H2,1-2H3,(H,25,26,31)/t15-/m1/s1. The summed E-state index contributed by atoms with van der Waals surface area (Å²) < 4.78 is 1.63. The van der Waals surface area contributed by atoms with Crippen LogP contribution in [0.5, 0.6) is 0 Å². The van der Waals surface area contributed by atoms with Gasteiger partial charge in [0.2, 0.25) is 5.91 Å². The van der Waals surface area contributed by atoms with Gasteiger partial charge in [-0.05, 0) is 30.9 Å². The molecule has 0 unspecified atom stereocenters. The molecule has 162 valence electrons. The van der Waals surface area contributed by atoms with Crippen LogP contribution >= 0.6 is 0 Å². The first kappa shape index (κ1) is 21.0. The predicted molar refractivity (Wildman–Crippen MR) is 117 cm³/mol. The van der Waals surface area contributed by atoms with Crippen molar-refractivity contribution >= 4 is 22.6 Å². The summed E-state index contributed by atoms with van der Waals surface area (Å²) in [4.78, 5) is 46.8. The van der Waals surface area contributed by atoms with Gasteiger partial charge in [-0.3, -0.25) is 19.1 Å². The Bertz CT molecular complexity index is 1160. The van der Waals surface area contributed by atoms with Crippen LogP contribution in [0, 0.1) is 11.8 Å². The maximum Gasteiger partial charge on any atom is 0.258 e. The molecule has 0 radical (unpaired) electrons. The number of likely N-dealkylation sites (tertiary alicyclic amines) is 1. The lowest BCUT2D eigenvalue weighted by molar-refractivity contribution is -0.133. The highest BCUT2D eigenvalue weighted by Crippen LogP contribution is 2.23. The average Bonchev–Trinajstić information content (AvgIpc) is 3.19. The van der Waals surface area contributed by atoms with Crippen molar-refractivity contribution in [3.63, 3.8) is 0 Å². The lowest BCUT2D eigenvalue weighted by Gasteiger charge is -2.32. The van der Waals surface area contributed by atoms with E-state index in [1.54, 1.807) is 30.2 Å². The summed E-state index contributed by atoms with van der Waals surface area (Å²) >= 11 is 0. The zero-order chi connectivity index (χ0) is 22.0. The monoisotopic (exact) mass is 421 g/mol. The van der Waals surface area contributed by atoms with Crippen molar-refractivity contribution in [3.8, 4) is 0 Å². The van der Waals surface area contributed by atoms with Crippen LogP contribution in [0.2, 0.25) is 0 Å². The van der Waals surface area contributed by atoms with Crippen LogP contribution in [0.25, 0.3) is 10.9 Å². The maximum absolute atomic E-state index is 12.8. The van der Waals surface area contributed by atoms with E-state index in [0.29, 0.717) is 61.1 Å². The van der Waals surface area contributed by atoms with Gasteiger partial charge < -0.3 is 9.88 Å². The van der Waals surface area contributed by atoms with Gasteiger partial charge in [0.05, 0.1) is 22.7 Å². The van der Waals surface area contributed by atoms with Gasteiger partial charge in [-0.25, -0.2) is 4.98 Å². The Morgan fingerprint density at radius 1 is 1.23 bits per heavy atom. The van der Waals surface area contributed by atoms with E-state index in [2.05, 4.69) is 15.1 Å². The number of amides is 1. The second-order valence-electron chi connectivity index (χ2n) is 8.47. The summed E-state index contributed by atoms with van der Waals surface area (Å²) in [5, 5.41) is 4.64. The minimum absolute atomic E-state index is 0.0477. The number of carbonyl (C=O) groups is 2. The highest BCUT2D eigenvalue weighted by molar-refractivity contribution is 5.97. The highest BCUT2D eigenvalue weighted by Gasteiger charge is 2.29. The smallest absolute Gasteiger partial charge is 0.258 e. The van der Waals surface area contributed by atoms with Gasteiger partial charge in [-0.1, -0.05) is 19.1 Å². The summed E-state index contributed by atoms with van der Waals surface area (Å²) in [7, 11) is 1.79. The summed E-state index contributed by atoms with van der Waals surface area (Å²) in [6, 6.07) is 7.24. The first-order valence-electron chi connectivity index (χ1n) is 10.7. The van der Waals surface area contributed by atoms with E-state index in [1.165, 1.54) is 0 Å². The van der Waals surface area contributed by atoms with Gasteiger partial charge in [0.1, 0.15) is 5.82 Å². The number of fused-ring (bicyclic) bond motifs is 1. The molecule has 4 rings (SSSR count). The molecule has 0 aliphatic carbocycles. The van der Waals surface area contributed by atoms with E-state index in [0.717, 1.165) is 0 Å². The van der Waals surface area contributed by atoms with Gasteiger partial charge in [0.15, 0.2) is 5.78 Å². The fourth-order valence-electron chi connectivity index (χ4n) is 4.24. The van der Waals surface area contributed by atoms with E-state index in [4.69, 9.17) is 0 Å². The largest absolute Gasteiger partial charge is 0.343 e. The number of ketones is 1. The lowest BCUT2D eigenvalue weighted by atomic mass is 9.89. The van der Waals surface area contributed by atoms with Gasteiger partial charge in [-0.2, -0.15) is 5.10 Å². The summed E-state index contributed by atoms with van der Waals surface area (Å²) in [6.45, 7) is 3.17. The first-order chi connectivity index (χ1) is 14.9. The third-order valence-corrected chi connectivity index (χ3v) is 5.93. The molecule has 1 aromatic carbocycles. The molecule has 1 aliphatic heterocycles. The SMILES string of the molecule is C[C@@H](CC(=O)N1CCC(C(=O)c2cnn(C)c2)CC1)Cc1nc2ccccc2c(=O)[nH]1. The van der Waals surface area contributed by atoms with Crippen LogP contribution in [0.3, 0.4) is 0 Å². The number of rotatable bonds is 6.